The van der Waals surface area contributed by atoms with E-state index >= 15 is 0 Å². The van der Waals surface area contributed by atoms with E-state index in [9.17, 15) is 4.79 Å². The molecule has 0 aliphatic heterocycles. The molecule has 3 rings (SSSR count). The number of carbonyl (C=O) groups is 1. The van der Waals surface area contributed by atoms with Crippen LogP contribution in [0.5, 0.6) is 0 Å². The number of rotatable bonds is 6. The predicted octanol–water partition coefficient (Wildman–Crippen LogP) is 3.27. The second-order valence-corrected chi connectivity index (χ2v) is 6.50. The van der Waals surface area contributed by atoms with Crippen LogP contribution in [-0.2, 0) is 16.6 Å². The highest BCUT2D eigenvalue weighted by molar-refractivity contribution is 7.10. The molecule has 1 amide bonds. The SMILES string of the molecule is CCN(CCc1ccncc1)C(=O)C1(c2cccs2)CC1. The Balaban J connectivity index is 1.68. The van der Waals surface area contributed by atoms with E-state index < -0.39 is 0 Å². The van der Waals surface area contributed by atoms with Crippen LogP contribution in [0.3, 0.4) is 0 Å². The average molecular weight is 300 g/mol. The predicted molar refractivity (Wildman–Crippen MR) is 85.4 cm³/mol. The van der Waals surface area contributed by atoms with E-state index in [0.717, 1.165) is 32.4 Å². The third kappa shape index (κ3) is 2.86. The minimum absolute atomic E-state index is 0.206. The summed E-state index contributed by atoms with van der Waals surface area (Å²) < 4.78 is 0. The van der Waals surface area contributed by atoms with Gasteiger partial charge in [0.2, 0.25) is 5.91 Å². The first-order chi connectivity index (χ1) is 10.3. The Morgan fingerprint density at radius 1 is 1.33 bits per heavy atom. The first kappa shape index (κ1) is 14.3. The van der Waals surface area contributed by atoms with Crippen LogP contribution in [0.2, 0.25) is 0 Å². The van der Waals surface area contributed by atoms with Crippen LogP contribution in [0.4, 0.5) is 0 Å². The van der Waals surface area contributed by atoms with E-state index in [1.54, 1.807) is 11.3 Å². The highest BCUT2D eigenvalue weighted by atomic mass is 32.1. The smallest absolute Gasteiger partial charge is 0.234 e. The summed E-state index contributed by atoms with van der Waals surface area (Å²) in [5, 5.41) is 2.07. The Labute approximate surface area is 129 Å². The van der Waals surface area contributed by atoms with Crippen LogP contribution in [0.15, 0.2) is 42.0 Å². The molecule has 0 radical (unpaired) electrons. The van der Waals surface area contributed by atoms with Crippen molar-refractivity contribution >= 4 is 17.2 Å². The lowest BCUT2D eigenvalue weighted by Crippen LogP contribution is -2.40. The van der Waals surface area contributed by atoms with E-state index in [-0.39, 0.29) is 5.41 Å². The standard InChI is InChI=1S/C17H20N2OS/c1-2-19(12-7-14-5-10-18-11-6-14)16(20)17(8-9-17)15-4-3-13-21-15/h3-6,10-11,13H,2,7-9,12H2,1H3. The first-order valence-corrected chi connectivity index (χ1v) is 8.36. The topological polar surface area (TPSA) is 33.2 Å². The summed E-state index contributed by atoms with van der Waals surface area (Å²) in [5.41, 5.74) is 1.03. The highest BCUT2D eigenvalue weighted by Gasteiger charge is 2.53. The van der Waals surface area contributed by atoms with Crippen molar-refractivity contribution in [2.45, 2.75) is 31.6 Å². The molecule has 1 aliphatic carbocycles. The number of pyridine rings is 1. The molecule has 1 fully saturated rings. The summed E-state index contributed by atoms with van der Waals surface area (Å²) in [6.45, 7) is 3.62. The number of aromatic nitrogens is 1. The van der Waals surface area contributed by atoms with Gasteiger partial charge in [0.05, 0.1) is 5.41 Å². The molecule has 0 aromatic carbocycles. The second-order valence-electron chi connectivity index (χ2n) is 5.55. The van der Waals surface area contributed by atoms with Gasteiger partial charge in [-0.05, 0) is 55.3 Å². The fraction of sp³-hybridized carbons (Fsp3) is 0.412. The fourth-order valence-corrected chi connectivity index (χ4v) is 3.74. The van der Waals surface area contributed by atoms with Crippen molar-refractivity contribution in [2.24, 2.45) is 0 Å². The van der Waals surface area contributed by atoms with Crippen LogP contribution < -0.4 is 0 Å². The van der Waals surface area contributed by atoms with Crippen molar-refractivity contribution in [1.82, 2.24) is 9.88 Å². The minimum Gasteiger partial charge on any atom is -0.342 e. The van der Waals surface area contributed by atoms with Crippen molar-refractivity contribution in [3.05, 3.63) is 52.5 Å². The largest absolute Gasteiger partial charge is 0.342 e. The molecule has 0 atom stereocenters. The molecule has 0 N–H and O–H groups in total. The van der Waals surface area contributed by atoms with E-state index in [0.29, 0.717) is 5.91 Å². The van der Waals surface area contributed by atoms with Gasteiger partial charge in [0.15, 0.2) is 0 Å². The molecular formula is C17H20N2OS. The molecule has 21 heavy (non-hydrogen) atoms. The third-order valence-electron chi connectivity index (χ3n) is 4.24. The molecule has 0 saturated heterocycles. The minimum atomic E-state index is -0.206. The molecule has 2 aromatic rings. The number of carbonyl (C=O) groups excluding carboxylic acids is 1. The molecule has 1 aliphatic rings. The van der Waals surface area contributed by atoms with Crippen LogP contribution in [0.1, 0.15) is 30.2 Å². The lowest BCUT2D eigenvalue weighted by molar-refractivity contribution is -0.133. The maximum Gasteiger partial charge on any atom is 0.234 e. The van der Waals surface area contributed by atoms with Gasteiger partial charge in [-0.2, -0.15) is 0 Å². The van der Waals surface area contributed by atoms with Crippen LogP contribution in [0, 0.1) is 0 Å². The van der Waals surface area contributed by atoms with Crippen LogP contribution in [-0.4, -0.2) is 28.9 Å². The van der Waals surface area contributed by atoms with Crippen molar-refractivity contribution in [3.63, 3.8) is 0 Å². The van der Waals surface area contributed by atoms with Gasteiger partial charge < -0.3 is 4.90 Å². The molecule has 3 nitrogen and oxygen atoms in total. The molecule has 2 aromatic heterocycles. The molecular weight excluding hydrogens is 280 g/mol. The van der Waals surface area contributed by atoms with Gasteiger partial charge in [-0.15, -0.1) is 11.3 Å². The highest BCUT2D eigenvalue weighted by Crippen LogP contribution is 2.51. The molecule has 0 unspecified atom stereocenters. The van der Waals surface area contributed by atoms with Crippen molar-refractivity contribution in [3.8, 4) is 0 Å². The van der Waals surface area contributed by atoms with Crippen LogP contribution >= 0.6 is 11.3 Å². The van der Waals surface area contributed by atoms with E-state index in [4.69, 9.17) is 0 Å². The van der Waals surface area contributed by atoms with Crippen LogP contribution in [0.25, 0.3) is 0 Å². The zero-order chi connectivity index (χ0) is 14.7. The normalized spacial score (nSPS) is 15.7. The third-order valence-corrected chi connectivity index (χ3v) is 5.31. The van der Waals surface area contributed by atoms with Crippen molar-refractivity contribution in [1.29, 1.82) is 0 Å². The van der Waals surface area contributed by atoms with Gasteiger partial charge in [0.1, 0.15) is 0 Å². The van der Waals surface area contributed by atoms with Gasteiger partial charge in [0, 0.05) is 30.4 Å². The number of likely N-dealkylation sites (N-methyl/N-ethyl adjacent to an activating group) is 1. The Morgan fingerprint density at radius 3 is 2.67 bits per heavy atom. The maximum atomic E-state index is 12.9. The van der Waals surface area contributed by atoms with Gasteiger partial charge in [-0.3, -0.25) is 9.78 Å². The summed E-state index contributed by atoms with van der Waals surface area (Å²) in [7, 11) is 0. The Kier molecular flexibility index (Phi) is 4.06. The zero-order valence-corrected chi connectivity index (χ0v) is 13.1. The van der Waals surface area contributed by atoms with E-state index in [1.165, 1.54) is 10.4 Å². The van der Waals surface area contributed by atoms with Gasteiger partial charge in [0.25, 0.3) is 0 Å². The van der Waals surface area contributed by atoms with Crippen molar-refractivity contribution < 1.29 is 4.79 Å². The Bertz CT molecular complexity index is 591. The van der Waals surface area contributed by atoms with Gasteiger partial charge >= 0.3 is 0 Å². The monoisotopic (exact) mass is 300 g/mol. The zero-order valence-electron chi connectivity index (χ0n) is 12.3. The number of hydrogen-bond donors (Lipinski definition) is 0. The average Bonchev–Trinajstić information content (AvgIpc) is 3.15. The summed E-state index contributed by atoms with van der Waals surface area (Å²) in [6, 6.07) is 8.18. The Morgan fingerprint density at radius 2 is 2.10 bits per heavy atom. The summed E-state index contributed by atoms with van der Waals surface area (Å²) >= 11 is 1.71. The molecule has 4 heteroatoms. The first-order valence-electron chi connectivity index (χ1n) is 7.48. The summed E-state index contributed by atoms with van der Waals surface area (Å²) in [4.78, 5) is 20.2. The number of amides is 1. The summed E-state index contributed by atoms with van der Waals surface area (Å²) in [6.07, 6.45) is 6.50. The van der Waals surface area contributed by atoms with E-state index in [1.807, 2.05) is 35.5 Å². The number of thiophene rings is 1. The quantitative estimate of drug-likeness (QED) is 0.820. The molecule has 0 bridgehead atoms. The summed E-state index contributed by atoms with van der Waals surface area (Å²) in [5.74, 6) is 0.307. The number of nitrogens with zero attached hydrogens (tertiary/aromatic N) is 2. The molecule has 0 spiro atoms. The Hall–Kier alpha value is -1.68. The van der Waals surface area contributed by atoms with Crippen molar-refractivity contribution in [2.75, 3.05) is 13.1 Å². The van der Waals surface area contributed by atoms with Gasteiger partial charge in [-0.25, -0.2) is 0 Å². The second kappa shape index (κ2) is 5.98. The lowest BCUT2D eigenvalue weighted by Gasteiger charge is -2.26. The molecule has 110 valence electrons. The van der Waals surface area contributed by atoms with E-state index in [2.05, 4.69) is 23.4 Å². The number of hydrogen-bond acceptors (Lipinski definition) is 3. The maximum absolute atomic E-state index is 12.9. The molecule has 1 saturated carbocycles. The fourth-order valence-electron chi connectivity index (χ4n) is 2.76. The molecule has 2 heterocycles. The van der Waals surface area contributed by atoms with Gasteiger partial charge in [-0.1, -0.05) is 6.07 Å². The lowest BCUT2D eigenvalue weighted by atomic mass is 10.0.